The molecule has 16 heavy (non-hydrogen) atoms. The van der Waals surface area contributed by atoms with Gasteiger partial charge >= 0.3 is 0 Å². The van der Waals surface area contributed by atoms with E-state index in [9.17, 15) is 4.79 Å². The van der Waals surface area contributed by atoms with Crippen molar-refractivity contribution in [3.8, 4) is 5.75 Å². The number of nitrogens with zero attached hydrogens (tertiary/aromatic N) is 2. The number of carbonyl (C=O) groups is 1. The number of aromatic nitrogens is 2. The minimum atomic E-state index is -0.356. The molecule has 0 spiro atoms. The Kier molecular flexibility index (Phi) is 3.16. The average molecular weight is 300 g/mol. The Hall–Kier alpha value is -1.47. The normalized spacial score (nSPS) is 10.1. The minimum Gasteiger partial charge on any atom is -0.506 e. The predicted octanol–water partition coefficient (Wildman–Crippen LogP) is 2.26. The summed E-state index contributed by atoms with van der Waals surface area (Å²) in [5.74, 6) is -0.404. The van der Waals surface area contributed by atoms with Crippen molar-refractivity contribution in [2.24, 2.45) is 0 Å². The van der Waals surface area contributed by atoms with E-state index in [1.165, 1.54) is 29.8 Å². The van der Waals surface area contributed by atoms with Crippen LogP contribution in [-0.2, 0) is 0 Å². The number of rotatable bonds is 2. The summed E-state index contributed by atoms with van der Waals surface area (Å²) in [6, 6.07) is 1.34. The van der Waals surface area contributed by atoms with Crippen molar-refractivity contribution in [3.63, 3.8) is 0 Å². The Bertz CT molecular complexity index is 529. The lowest BCUT2D eigenvalue weighted by molar-refractivity contribution is 0.102. The van der Waals surface area contributed by atoms with E-state index in [0.717, 1.165) is 3.79 Å². The maximum absolute atomic E-state index is 11.7. The number of anilines is 1. The summed E-state index contributed by atoms with van der Waals surface area (Å²) in [6.45, 7) is 0. The van der Waals surface area contributed by atoms with E-state index in [2.05, 4.69) is 31.2 Å². The molecule has 82 valence electrons. The molecule has 0 aliphatic rings. The lowest BCUT2D eigenvalue weighted by Gasteiger charge is -2.00. The maximum atomic E-state index is 11.7. The van der Waals surface area contributed by atoms with Crippen LogP contribution in [0.2, 0.25) is 0 Å². The van der Waals surface area contributed by atoms with Crippen molar-refractivity contribution < 1.29 is 9.90 Å². The fourth-order valence-electron chi connectivity index (χ4n) is 1.03. The van der Waals surface area contributed by atoms with E-state index >= 15 is 0 Å². The molecule has 2 aromatic heterocycles. The Morgan fingerprint density at radius 1 is 1.44 bits per heavy atom. The van der Waals surface area contributed by atoms with Crippen molar-refractivity contribution in [2.45, 2.75) is 0 Å². The first-order valence-electron chi connectivity index (χ1n) is 4.22. The molecule has 7 heteroatoms. The summed E-state index contributed by atoms with van der Waals surface area (Å²) >= 11 is 4.55. The zero-order chi connectivity index (χ0) is 11.5. The number of aromatic hydroxyl groups is 1. The van der Waals surface area contributed by atoms with Gasteiger partial charge in [0.2, 0.25) is 0 Å². The van der Waals surface area contributed by atoms with Gasteiger partial charge in [0.25, 0.3) is 5.91 Å². The van der Waals surface area contributed by atoms with Crippen LogP contribution < -0.4 is 5.32 Å². The largest absolute Gasteiger partial charge is 0.506 e. The molecular formula is C9H6BrN3O2S. The fraction of sp³-hybridized carbons (Fsp3) is 0. The molecule has 0 aromatic carbocycles. The molecule has 0 atom stereocenters. The number of nitrogens with one attached hydrogen (secondary N) is 1. The van der Waals surface area contributed by atoms with Gasteiger partial charge in [0.15, 0.2) is 5.13 Å². The third-order valence-electron chi connectivity index (χ3n) is 1.68. The highest BCUT2D eigenvalue weighted by Crippen LogP contribution is 2.23. The Balaban J connectivity index is 2.14. The number of amides is 1. The van der Waals surface area contributed by atoms with Crippen LogP contribution >= 0.6 is 27.3 Å². The van der Waals surface area contributed by atoms with E-state index in [1.54, 1.807) is 6.20 Å². The van der Waals surface area contributed by atoms with Crippen LogP contribution in [0.25, 0.3) is 0 Å². The van der Waals surface area contributed by atoms with Crippen LogP contribution in [0.5, 0.6) is 5.75 Å². The van der Waals surface area contributed by atoms with Crippen LogP contribution in [0, 0.1) is 0 Å². The number of halogens is 1. The minimum absolute atomic E-state index is 0.0482. The molecule has 0 radical (unpaired) electrons. The van der Waals surface area contributed by atoms with Crippen molar-refractivity contribution in [1.82, 2.24) is 9.97 Å². The summed E-state index contributed by atoms with van der Waals surface area (Å²) in [7, 11) is 0. The topological polar surface area (TPSA) is 75.1 Å². The number of pyridine rings is 1. The Morgan fingerprint density at radius 3 is 2.88 bits per heavy atom. The van der Waals surface area contributed by atoms with Crippen LogP contribution in [0.3, 0.4) is 0 Å². The summed E-state index contributed by atoms with van der Waals surface area (Å²) in [6.07, 6.45) is 4.23. The lowest BCUT2D eigenvalue weighted by Crippen LogP contribution is -2.11. The number of hydrogen-bond acceptors (Lipinski definition) is 5. The summed E-state index contributed by atoms with van der Waals surface area (Å²) < 4.78 is 0.830. The molecule has 2 heterocycles. The van der Waals surface area contributed by atoms with E-state index in [-0.39, 0.29) is 17.2 Å². The summed E-state index contributed by atoms with van der Waals surface area (Å²) in [4.78, 5) is 19.3. The van der Waals surface area contributed by atoms with Gasteiger partial charge in [-0.15, -0.1) is 0 Å². The number of carbonyl (C=O) groups excluding carboxylic acids is 1. The monoisotopic (exact) mass is 299 g/mol. The van der Waals surface area contributed by atoms with Gasteiger partial charge in [0.1, 0.15) is 5.75 Å². The fourth-order valence-corrected chi connectivity index (χ4v) is 2.14. The lowest BCUT2D eigenvalue weighted by atomic mass is 10.2. The van der Waals surface area contributed by atoms with Crippen molar-refractivity contribution >= 4 is 38.3 Å². The highest BCUT2D eigenvalue weighted by molar-refractivity contribution is 9.11. The molecule has 2 N–H and O–H groups in total. The second-order valence-corrected chi connectivity index (χ2v) is 5.27. The van der Waals surface area contributed by atoms with E-state index in [1.807, 2.05) is 0 Å². The smallest absolute Gasteiger partial charge is 0.259 e. The van der Waals surface area contributed by atoms with Crippen LogP contribution in [0.1, 0.15) is 10.4 Å². The summed E-state index contributed by atoms with van der Waals surface area (Å²) in [5, 5.41) is 12.2. The molecule has 2 rings (SSSR count). The molecule has 1 amide bonds. The highest BCUT2D eigenvalue weighted by atomic mass is 79.9. The van der Waals surface area contributed by atoms with E-state index in [4.69, 9.17) is 5.11 Å². The van der Waals surface area contributed by atoms with Gasteiger partial charge in [-0.05, 0) is 22.0 Å². The molecule has 5 nitrogen and oxygen atoms in total. The second kappa shape index (κ2) is 4.58. The first-order chi connectivity index (χ1) is 7.65. The standard InChI is InChI=1S/C9H6BrN3O2S/c10-7-4-12-9(16-7)13-8(15)5-1-6(14)3-11-2-5/h1-4,14H,(H,12,13,15). The van der Waals surface area contributed by atoms with E-state index in [0.29, 0.717) is 5.13 Å². The van der Waals surface area contributed by atoms with Crippen LogP contribution in [0.4, 0.5) is 5.13 Å². The summed E-state index contributed by atoms with van der Waals surface area (Å²) in [5.41, 5.74) is 0.284. The first kappa shape index (κ1) is 11.0. The molecule has 2 aromatic rings. The van der Waals surface area contributed by atoms with Gasteiger partial charge < -0.3 is 5.11 Å². The third kappa shape index (κ3) is 2.56. The van der Waals surface area contributed by atoms with Crippen LogP contribution in [0.15, 0.2) is 28.4 Å². The molecule has 0 bridgehead atoms. The molecule has 0 saturated carbocycles. The maximum Gasteiger partial charge on any atom is 0.259 e. The molecular weight excluding hydrogens is 294 g/mol. The number of thiazole rings is 1. The van der Waals surface area contributed by atoms with Gasteiger partial charge in [0, 0.05) is 6.20 Å². The average Bonchev–Trinajstić information content (AvgIpc) is 2.64. The third-order valence-corrected chi connectivity index (χ3v) is 3.08. The Labute approximate surface area is 103 Å². The molecule has 0 aliphatic carbocycles. The Morgan fingerprint density at radius 2 is 2.25 bits per heavy atom. The van der Waals surface area contributed by atoms with Gasteiger partial charge in [-0.3, -0.25) is 15.1 Å². The molecule has 0 fully saturated rings. The SMILES string of the molecule is O=C(Nc1ncc(Br)s1)c1cncc(O)c1. The molecule has 0 unspecified atom stereocenters. The van der Waals surface area contributed by atoms with Gasteiger partial charge in [-0.2, -0.15) is 0 Å². The zero-order valence-corrected chi connectivity index (χ0v) is 10.2. The van der Waals surface area contributed by atoms with Gasteiger partial charge in [-0.1, -0.05) is 11.3 Å². The van der Waals surface area contributed by atoms with Gasteiger partial charge in [0.05, 0.1) is 21.7 Å². The predicted molar refractivity (Wildman–Crippen MR) is 63.7 cm³/mol. The van der Waals surface area contributed by atoms with Crippen molar-refractivity contribution in [2.75, 3.05) is 5.32 Å². The molecule has 0 saturated heterocycles. The van der Waals surface area contributed by atoms with Crippen molar-refractivity contribution in [1.29, 1.82) is 0 Å². The highest BCUT2D eigenvalue weighted by Gasteiger charge is 2.09. The molecule has 0 aliphatic heterocycles. The quantitative estimate of drug-likeness (QED) is 0.892. The zero-order valence-electron chi connectivity index (χ0n) is 7.85. The van der Waals surface area contributed by atoms with E-state index < -0.39 is 0 Å². The van der Waals surface area contributed by atoms with Gasteiger partial charge in [-0.25, -0.2) is 4.98 Å². The van der Waals surface area contributed by atoms with Crippen LogP contribution in [-0.4, -0.2) is 21.0 Å². The first-order valence-corrected chi connectivity index (χ1v) is 5.83. The second-order valence-electron chi connectivity index (χ2n) is 2.86. The number of hydrogen-bond donors (Lipinski definition) is 2. The van der Waals surface area contributed by atoms with Crippen molar-refractivity contribution in [3.05, 3.63) is 34.0 Å².